The van der Waals surface area contributed by atoms with Crippen molar-refractivity contribution in [2.45, 2.75) is 19.9 Å². The van der Waals surface area contributed by atoms with E-state index in [0.29, 0.717) is 0 Å². The summed E-state index contributed by atoms with van der Waals surface area (Å²) in [5, 5.41) is 2.73. The Balaban J connectivity index is 2.07. The van der Waals surface area contributed by atoms with Crippen molar-refractivity contribution in [1.29, 1.82) is 0 Å². The number of nitrogens with one attached hydrogen (secondary N) is 1. The maximum Gasteiger partial charge on any atom is 0.211 e. The Morgan fingerprint density at radius 3 is 2.68 bits per heavy atom. The average Bonchev–Trinajstić information content (AvgIpc) is 2.39. The third kappa shape index (κ3) is 3.61. The Hall–Kier alpha value is -2.23. The van der Waals surface area contributed by atoms with Gasteiger partial charge in [0.2, 0.25) is 6.41 Å². The summed E-state index contributed by atoms with van der Waals surface area (Å²) >= 11 is 0. The second-order valence-corrected chi connectivity index (χ2v) is 4.59. The molecule has 1 heterocycles. The molecule has 0 radical (unpaired) electrons. The Morgan fingerprint density at radius 1 is 1.32 bits per heavy atom. The van der Waals surface area contributed by atoms with Gasteiger partial charge in [-0.1, -0.05) is 17.7 Å². The molecule has 1 aromatic rings. The van der Waals surface area contributed by atoms with Gasteiger partial charge in [0.15, 0.2) is 0 Å². The van der Waals surface area contributed by atoms with Gasteiger partial charge in [-0.3, -0.25) is 4.79 Å². The highest BCUT2D eigenvalue weighted by molar-refractivity contribution is 5.50. The molecule has 0 bridgehead atoms. The summed E-state index contributed by atoms with van der Waals surface area (Å²) in [6.07, 6.45) is 5.57. The normalized spacial score (nSPS) is 14.5. The van der Waals surface area contributed by atoms with Crippen LogP contribution in [-0.4, -0.2) is 18.4 Å². The first-order valence-electron chi connectivity index (χ1n) is 6.18. The average molecular weight is 258 g/mol. The van der Waals surface area contributed by atoms with E-state index >= 15 is 0 Å². The molecule has 2 rings (SSSR count). The van der Waals surface area contributed by atoms with Gasteiger partial charge in [0.25, 0.3) is 0 Å². The lowest BCUT2D eigenvalue weighted by Gasteiger charge is -2.23. The van der Waals surface area contributed by atoms with Crippen LogP contribution in [0.5, 0.6) is 5.75 Å². The van der Waals surface area contributed by atoms with E-state index in [-0.39, 0.29) is 0 Å². The maximum absolute atomic E-state index is 10.5. The lowest BCUT2D eigenvalue weighted by molar-refractivity contribution is -0.109. The van der Waals surface area contributed by atoms with Crippen molar-refractivity contribution in [3.8, 4) is 5.75 Å². The van der Waals surface area contributed by atoms with Crippen molar-refractivity contribution in [2.24, 2.45) is 0 Å². The van der Waals surface area contributed by atoms with E-state index in [1.54, 1.807) is 7.11 Å². The molecule has 0 aliphatic carbocycles. The van der Waals surface area contributed by atoms with Gasteiger partial charge in [-0.2, -0.15) is 0 Å². The molecule has 0 spiro atoms. The summed E-state index contributed by atoms with van der Waals surface area (Å²) in [5.74, 6) is 0.855. The molecule has 0 atom stereocenters. The van der Waals surface area contributed by atoms with E-state index in [1.807, 2.05) is 30.5 Å². The topological polar surface area (TPSA) is 41.6 Å². The SMILES string of the molecule is COc1ccc(CN2C=C(C)CC(NC=O)=C2)cc1. The highest BCUT2D eigenvalue weighted by atomic mass is 16.5. The van der Waals surface area contributed by atoms with E-state index < -0.39 is 0 Å². The number of ether oxygens (including phenoxy) is 1. The van der Waals surface area contributed by atoms with Crippen LogP contribution in [0.4, 0.5) is 0 Å². The van der Waals surface area contributed by atoms with Crippen molar-refractivity contribution >= 4 is 6.41 Å². The molecule has 4 nitrogen and oxygen atoms in total. The summed E-state index contributed by atoms with van der Waals surface area (Å²) < 4.78 is 5.14. The lowest BCUT2D eigenvalue weighted by Crippen LogP contribution is -2.21. The van der Waals surface area contributed by atoms with Crippen molar-refractivity contribution < 1.29 is 9.53 Å². The number of benzene rings is 1. The second-order valence-electron chi connectivity index (χ2n) is 4.59. The number of methoxy groups -OCH3 is 1. The molecular formula is C15H18N2O2. The van der Waals surface area contributed by atoms with Gasteiger partial charge in [-0.05, 0) is 24.6 Å². The largest absolute Gasteiger partial charge is 0.497 e. The van der Waals surface area contributed by atoms with Crippen LogP contribution in [0.15, 0.2) is 47.9 Å². The van der Waals surface area contributed by atoms with E-state index in [4.69, 9.17) is 4.74 Å². The summed E-state index contributed by atoms with van der Waals surface area (Å²) in [5.41, 5.74) is 3.33. The van der Waals surface area contributed by atoms with Crippen LogP contribution >= 0.6 is 0 Å². The molecule has 1 aliphatic rings. The van der Waals surface area contributed by atoms with Gasteiger partial charge < -0.3 is 15.0 Å². The minimum Gasteiger partial charge on any atom is -0.497 e. The van der Waals surface area contributed by atoms with Crippen LogP contribution < -0.4 is 10.1 Å². The number of hydrogen-bond donors (Lipinski definition) is 1. The predicted molar refractivity (Wildman–Crippen MR) is 74.2 cm³/mol. The minimum atomic E-state index is 0.718. The Labute approximate surface area is 113 Å². The van der Waals surface area contributed by atoms with Gasteiger partial charge in [-0.25, -0.2) is 0 Å². The van der Waals surface area contributed by atoms with Gasteiger partial charge in [0.05, 0.1) is 7.11 Å². The van der Waals surface area contributed by atoms with Crippen LogP contribution in [0.1, 0.15) is 18.9 Å². The minimum absolute atomic E-state index is 0.718. The number of hydrogen-bond acceptors (Lipinski definition) is 3. The Kier molecular flexibility index (Phi) is 4.23. The highest BCUT2D eigenvalue weighted by Crippen LogP contribution is 2.19. The lowest BCUT2D eigenvalue weighted by atomic mass is 10.1. The molecule has 1 aromatic carbocycles. The van der Waals surface area contributed by atoms with E-state index in [0.717, 1.165) is 30.8 Å². The number of rotatable bonds is 5. The number of nitrogens with zero attached hydrogens (tertiary/aromatic N) is 1. The fraction of sp³-hybridized carbons (Fsp3) is 0.267. The first-order chi connectivity index (χ1) is 9.21. The van der Waals surface area contributed by atoms with Crippen LogP contribution in [0.25, 0.3) is 0 Å². The number of carbonyl (C=O) groups excluding carboxylic acids is 1. The maximum atomic E-state index is 10.5. The molecule has 0 unspecified atom stereocenters. The molecule has 0 aromatic heterocycles. The van der Waals surface area contributed by atoms with Gasteiger partial charge in [0.1, 0.15) is 5.75 Å². The first-order valence-corrected chi connectivity index (χ1v) is 6.18. The molecule has 4 heteroatoms. The summed E-state index contributed by atoms with van der Waals surface area (Å²) in [6.45, 7) is 2.83. The fourth-order valence-corrected chi connectivity index (χ4v) is 2.11. The Morgan fingerprint density at radius 2 is 2.05 bits per heavy atom. The Bertz CT molecular complexity index is 503. The quantitative estimate of drug-likeness (QED) is 0.824. The van der Waals surface area contributed by atoms with Gasteiger partial charge in [-0.15, -0.1) is 0 Å². The monoisotopic (exact) mass is 258 g/mol. The van der Waals surface area contributed by atoms with Crippen molar-refractivity contribution in [2.75, 3.05) is 7.11 Å². The predicted octanol–water partition coefficient (Wildman–Crippen LogP) is 2.39. The van der Waals surface area contributed by atoms with Crippen LogP contribution in [0, 0.1) is 0 Å². The second kappa shape index (κ2) is 6.09. The van der Waals surface area contributed by atoms with Gasteiger partial charge >= 0.3 is 0 Å². The molecule has 1 amide bonds. The van der Waals surface area contributed by atoms with E-state index in [2.05, 4.69) is 23.3 Å². The van der Waals surface area contributed by atoms with Crippen LogP contribution in [0.2, 0.25) is 0 Å². The van der Waals surface area contributed by atoms with Crippen molar-refractivity contribution in [3.63, 3.8) is 0 Å². The van der Waals surface area contributed by atoms with E-state index in [9.17, 15) is 4.79 Å². The smallest absolute Gasteiger partial charge is 0.211 e. The van der Waals surface area contributed by atoms with E-state index in [1.165, 1.54) is 11.1 Å². The molecule has 1 N–H and O–H groups in total. The molecule has 1 aliphatic heterocycles. The van der Waals surface area contributed by atoms with Crippen LogP contribution in [-0.2, 0) is 11.3 Å². The zero-order valence-corrected chi connectivity index (χ0v) is 11.2. The number of allylic oxidation sites excluding steroid dienone is 1. The molecule has 19 heavy (non-hydrogen) atoms. The van der Waals surface area contributed by atoms with Crippen molar-refractivity contribution in [3.05, 3.63) is 53.5 Å². The first kappa shape index (κ1) is 13.2. The molecule has 0 fully saturated rings. The molecule has 0 saturated carbocycles. The summed E-state index contributed by atoms with van der Waals surface area (Å²) in [6, 6.07) is 7.98. The molecular weight excluding hydrogens is 240 g/mol. The molecule has 0 saturated heterocycles. The van der Waals surface area contributed by atoms with Gasteiger partial charge in [0, 0.05) is 31.1 Å². The number of amides is 1. The zero-order chi connectivity index (χ0) is 13.7. The van der Waals surface area contributed by atoms with Crippen molar-refractivity contribution in [1.82, 2.24) is 10.2 Å². The standard InChI is InChI=1S/C15H18N2O2/c1-12-7-14(16-11-18)10-17(8-12)9-13-3-5-15(19-2)6-4-13/h3-6,8,10-11H,7,9H2,1-2H3,(H,16,18). The highest BCUT2D eigenvalue weighted by Gasteiger charge is 2.09. The third-order valence-electron chi connectivity index (χ3n) is 2.95. The molecule has 100 valence electrons. The zero-order valence-electron chi connectivity index (χ0n) is 11.2. The van der Waals surface area contributed by atoms with Crippen LogP contribution in [0.3, 0.4) is 0 Å². The summed E-state index contributed by atoms with van der Waals surface area (Å²) in [4.78, 5) is 12.6. The number of carbonyl (C=O) groups is 1. The summed E-state index contributed by atoms with van der Waals surface area (Å²) in [7, 11) is 1.66. The third-order valence-corrected chi connectivity index (χ3v) is 2.95. The fourth-order valence-electron chi connectivity index (χ4n) is 2.11.